The standard InChI is InChI=1S/C14H17ClN4/c1-9-6-5-7-12(16-9)8-19(4)14-10(2)13(15)17-11(3)18-14/h5-7H,8H2,1-4H3. The van der Waals surface area contributed by atoms with Crippen LogP contribution in [0.4, 0.5) is 5.82 Å². The third-order valence-corrected chi connectivity index (χ3v) is 3.25. The van der Waals surface area contributed by atoms with E-state index in [0.29, 0.717) is 17.5 Å². The van der Waals surface area contributed by atoms with Gasteiger partial charge in [-0.15, -0.1) is 0 Å². The summed E-state index contributed by atoms with van der Waals surface area (Å²) in [7, 11) is 1.98. The lowest BCUT2D eigenvalue weighted by Gasteiger charge is -2.20. The summed E-state index contributed by atoms with van der Waals surface area (Å²) in [4.78, 5) is 15.1. The van der Waals surface area contributed by atoms with Crippen LogP contribution < -0.4 is 4.90 Å². The highest BCUT2D eigenvalue weighted by atomic mass is 35.5. The van der Waals surface area contributed by atoms with Crippen LogP contribution in [0.25, 0.3) is 0 Å². The third kappa shape index (κ3) is 3.20. The summed E-state index contributed by atoms with van der Waals surface area (Å²) in [5, 5.41) is 0.506. The molecule has 0 bridgehead atoms. The van der Waals surface area contributed by atoms with Gasteiger partial charge in [0.2, 0.25) is 0 Å². The van der Waals surface area contributed by atoms with Crippen LogP contribution in [0.5, 0.6) is 0 Å². The Kier molecular flexibility index (Phi) is 4.00. The molecule has 0 unspecified atom stereocenters. The minimum atomic E-state index is 0.506. The molecule has 19 heavy (non-hydrogen) atoms. The van der Waals surface area contributed by atoms with Gasteiger partial charge in [-0.2, -0.15) is 0 Å². The zero-order valence-electron chi connectivity index (χ0n) is 11.6. The molecule has 0 aliphatic heterocycles. The van der Waals surface area contributed by atoms with E-state index in [9.17, 15) is 0 Å². The molecular formula is C14H17ClN4. The molecule has 0 atom stereocenters. The van der Waals surface area contributed by atoms with Crippen LogP contribution in [0.2, 0.25) is 5.15 Å². The molecule has 5 heteroatoms. The van der Waals surface area contributed by atoms with E-state index in [1.165, 1.54) is 0 Å². The van der Waals surface area contributed by atoms with E-state index in [1.807, 2.05) is 50.9 Å². The zero-order chi connectivity index (χ0) is 14.0. The number of rotatable bonds is 3. The molecule has 2 heterocycles. The van der Waals surface area contributed by atoms with Crippen molar-refractivity contribution < 1.29 is 0 Å². The highest BCUT2D eigenvalue weighted by Crippen LogP contribution is 2.23. The van der Waals surface area contributed by atoms with Crippen LogP contribution in [0.1, 0.15) is 22.8 Å². The zero-order valence-corrected chi connectivity index (χ0v) is 12.4. The molecule has 2 aromatic rings. The number of nitrogens with zero attached hydrogens (tertiary/aromatic N) is 4. The maximum Gasteiger partial charge on any atom is 0.137 e. The Hall–Kier alpha value is -1.68. The molecule has 2 aromatic heterocycles. The van der Waals surface area contributed by atoms with Crippen molar-refractivity contribution in [1.29, 1.82) is 0 Å². The first-order chi connectivity index (χ1) is 8.97. The smallest absolute Gasteiger partial charge is 0.137 e. The molecule has 0 fully saturated rings. The van der Waals surface area contributed by atoms with Crippen LogP contribution in [0.15, 0.2) is 18.2 Å². The second kappa shape index (κ2) is 5.53. The Morgan fingerprint density at radius 2 is 1.84 bits per heavy atom. The lowest BCUT2D eigenvalue weighted by Crippen LogP contribution is -2.20. The minimum absolute atomic E-state index is 0.506. The molecular weight excluding hydrogens is 260 g/mol. The highest BCUT2D eigenvalue weighted by Gasteiger charge is 2.12. The van der Waals surface area contributed by atoms with Gasteiger partial charge >= 0.3 is 0 Å². The Balaban J connectivity index is 2.27. The van der Waals surface area contributed by atoms with Gasteiger partial charge in [-0.1, -0.05) is 17.7 Å². The average Bonchev–Trinajstić information content (AvgIpc) is 2.33. The topological polar surface area (TPSA) is 41.9 Å². The number of hydrogen-bond acceptors (Lipinski definition) is 4. The molecule has 0 saturated heterocycles. The minimum Gasteiger partial charge on any atom is -0.353 e. The number of hydrogen-bond donors (Lipinski definition) is 0. The Bertz CT molecular complexity index is 598. The molecule has 0 aromatic carbocycles. The molecule has 2 rings (SSSR count). The second-order valence-electron chi connectivity index (χ2n) is 4.64. The predicted octanol–water partition coefficient (Wildman–Crippen LogP) is 3.09. The van der Waals surface area contributed by atoms with E-state index in [2.05, 4.69) is 15.0 Å². The molecule has 0 saturated carbocycles. The van der Waals surface area contributed by atoms with Crippen LogP contribution in [-0.4, -0.2) is 22.0 Å². The fourth-order valence-corrected chi connectivity index (χ4v) is 2.16. The van der Waals surface area contributed by atoms with Gasteiger partial charge in [-0.05, 0) is 32.9 Å². The number of aryl methyl sites for hydroxylation is 2. The lowest BCUT2D eigenvalue weighted by atomic mass is 10.2. The summed E-state index contributed by atoms with van der Waals surface area (Å²) in [6, 6.07) is 6.01. The monoisotopic (exact) mass is 276 g/mol. The molecule has 0 amide bonds. The largest absolute Gasteiger partial charge is 0.353 e. The van der Waals surface area contributed by atoms with Crippen LogP contribution in [0.3, 0.4) is 0 Å². The van der Waals surface area contributed by atoms with Gasteiger partial charge in [0.25, 0.3) is 0 Å². The quantitative estimate of drug-likeness (QED) is 0.808. The van der Waals surface area contributed by atoms with E-state index in [4.69, 9.17) is 11.6 Å². The van der Waals surface area contributed by atoms with Crippen molar-refractivity contribution in [2.24, 2.45) is 0 Å². The first kappa shape index (κ1) is 13.7. The fraction of sp³-hybridized carbons (Fsp3) is 0.357. The maximum atomic E-state index is 6.10. The van der Waals surface area contributed by atoms with E-state index in [0.717, 1.165) is 22.8 Å². The van der Waals surface area contributed by atoms with Crippen molar-refractivity contribution in [1.82, 2.24) is 15.0 Å². The molecule has 0 N–H and O–H groups in total. The Labute approximate surface area is 118 Å². The van der Waals surface area contributed by atoms with Gasteiger partial charge in [0.1, 0.15) is 16.8 Å². The van der Waals surface area contributed by atoms with Crippen molar-refractivity contribution >= 4 is 17.4 Å². The van der Waals surface area contributed by atoms with Crippen molar-refractivity contribution in [3.63, 3.8) is 0 Å². The lowest BCUT2D eigenvalue weighted by molar-refractivity contribution is 0.840. The van der Waals surface area contributed by atoms with E-state index in [1.54, 1.807) is 0 Å². The summed E-state index contributed by atoms with van der Waals surface area (Å²) in [5.74, 6) is 1.52. The van der Waals surface area contributed by atoms with E-state index < -0.39 is 0 Å². The second-order valence-corrected chi connectivity index (χ2v) is 4.99. The average molecular weight is 277 g/mol. The Morgan fingerprint density at radius 3 is 2.53 bits per heavy atom. The molecule has 0 aliphatic rings. The van der Waals surface area contributed by atoms with Crippen molar-refractivity contribution in [2.75, 3.05) is 11.9 Å². The van der Waals surface area contributed by atoms with Crippen molar-refractivity contribution in [2.45, 2.75) is 27.3 Å². The first-order valence-electron chi connectivity index (χ1n) is 6.12. The maximum absolute atomic E-state index is 6.10. The fourth-order valence-electron chi connectivity index (χ4n) is 1.96. The summed E-state index contributed by atoms with van der Waals surface area (Å²) in [6.07, 6.45) is 0. The molecule has 0 radical (unpaired) electrons. The molecule has 4 nitrogen and oxygen atoms in total. The first-order valence-corrected chi connectivity index (χ1v) is 6.49. The van der Waals surface area contributed by atoms with Gasteiger partial charge in [0.05, 0.1) is 12.2 Å². The van der Waals surface area contributed by atoms with Crippen LogP contribution in [0, 0.1) is 20.8 Å². The molecule has 0 aliphatic carbocycles. The summed E-state index contributed by atoms with van der Waals surface area (Å²) < 4.78 is 0. The molecule has 100 valence electrons. The van der Waals surface area contributed by atoms with E-state index >= 15 is 0 Å². The van der Waals surface area contributed by atoms with Crippen LogP contribution >= 0.6 is 11.6 Å². The van der Waals surface area contributed by atoms with Crippen LogP contribution in [-0.2, 0) is 6.54 Å². The number of pyridine rings is 1. The summed E-state index contributed by atoms with van der Waals surface area (Å²) in [6.45, 7) is 6.45. The van der Waals surface area contributed by atoms with Gasteiger partial charge in [-0.3, -0.25) is 4.98 Å². The van der Waals surface area contributed by atoms with Gasteiger partial charge in [0.15, 0.2) is 0 Å². The van der Waals surface area contributed by atoms with Gasteiger partial charge in [0, 0.05) is 18.3 Å². The highest BCUT2D eigenvalue weighted by molar-refractivity contribution is 6.30. The summed E-state index contributed by atoms with van der Waals surface area (Å²) >= 11 is 6.10. The number of aromatic nitrogens is 3. The van der Waals surface area contributed by atoms with Gasteiger partial charge in [-0.25, -0.2) is 9.97 Å². The SMILES string of the molecule is Cc1cccc(CN(C)c2nc(C)nc(Cl)c2C)n1. The van der Waals surface area contributed by atoms with E-state index in [-0.39, 0.29) is 0 Å². The predicted molar refractivity (Wildman–Crippen MR) is 77.6 cm³/mol. The van der Waals surface area contributed by atoms with Crippen molar-refractivity contribution in [3.8, 4) is 0 Å². The summed E-state index contributed by atoms with van der Waals surface area (Å²) in [5.41, 5.74) is 2.91. The van der Waals surface area contributed by atoms with Gasteiger partial charge < -0.3 is 4.90 Å². The normalized spacial score (nSPS) is 10.6. The molecule has 0 spiro atoms. The number of halogens is 1. The third-order valence-electron chi connectivity index (χ3n) is 2.88. The van der Waals surface area contributed by atoms with Crippen molar-refractivity contribution in [3.05, 3.63) is 46.1 Å². The Morgan fingerprint density at radius 1 is 1.11 bits per heavy atom. The number of anilines is 1.